The topological polar surface area (TPSA) is 51.9 Å². The molecule has 0 atom stereocenters. The summed E-state index contributed by atoms with van der Waals surface area (Å²) in [6.45, 7) is 12.1. The number of carbonyl (C=O) groups is 1. The number of hydrogen-bond acceptors (Lipinski definition) is 2. The standard InChI is InChI=1S/C19H30N4O/c1-13(2)12-23-16(5)18(15(4)21-23)9-10-19(24)20-11-17-8-7-14(3)22(17)6/h7-8,13H,9-12H2,1-6H3,(H,20,24). The average Bonchev–Trinajstić information content (AvgIpc) is 2.96. The molecule has 0 aromatic carbocycles. The zero-order valence-electron chi connectivity index (χ0n) is 15.8. The minimum atomic E-state index is 0.0873. The lowest BCUT2D eigenvalue weighted by Gasteiger charge is -2.09. The SMILES string of the molecule is Cc1nn(CC(C)C)c(C)c1CCC(=O)NCc1ccc(C)n1C. The third-order valence-corrected chi connectivity index (χ3v) is 4.61. The minimum absolute atomic E-state index is 0.0873. The van der Waals surface area contributed by atoms with Gasteiger partial charge in [0, 0.05) is 37.1 Å². The highest BCUT2D eigenvalue weighted by molar-refractivity contribution is 5.76. The summed E-state index contributed by atoms with van der Waals surface area (Å²) in [5.41, 5.74) is 5.76. The normalized spacial score (nSPS) is 11.3. The molecule has 0 spiro atoms. The highest BCUT2D eigenvalue weighted by Crippen LogP contribution is 2.16. The number of nitrogens with one attached hydrogen (secondary N) is 1. The van der Waals surface area contributed by atoms with Crippen LogP contribution in [0.4, 0.5) is 0 Å². The van der Waals surface area contributed by atoms with Gasteiger partial charge in [0.2, 0.25) is 5.91 Å². The molecule has 0 radical (unpaired) electrons. The van der Waals surface area contributed by atoms with Gasteiger partial charge in [0.25, 0.3) is 0 Å². The van der Waals surface area contributed by atoms with E-state index >= 15 is 0 Å². The maximum atomic E-state index is 12.2. The number of rotatable bonds is 7. The van der Waals surface area contributed by atoms with E-state index in [4.69, 9.17) is 0 Å². The van der Waals surface area contributed by atoms with E-state index in [1.54, 1.807) is 0 Å². The summed E-state index contributed by atoms with van der Waals surface area (Å²) in [4.78, 5) is 12.2. The summed E-state index contributed by atoms with van der Waals surface area (Å²) in [7, 11) is 2.02. The van der Waals surface area contributed by atoms with E-state index in [9.17, 15) is 4.79 Å². The fourth-order valence-electron chi connectivity index (χ4n) is 2.98. The van der Waals surface area contributed by atoms with Gasteiger partial charge in [0.15, 0.2) is 0 Å². The van der Waals surface area contributed by atoms with Gasteiger partial charge in [-0.05, 0) is 50.8 Å². The minimum Gasteiger partial charge on any atom is -0.351 e. The second-order valence-electron chi connectivity index (χ2n) is 7.03. The van der Waals surface area contributed by atoms with Gasteiger partial charge in [-0.25, -0.2) is 0 Å². The molecule has 0 saturated carbocycles. The Balaban J connectivity index is 1.90. The van der Waals surface area contributed by atoms with Crippen LogP contribution in [0, 0.1) is 26.7 Å². The first-order chi connectivity index (χ1) is 11.3. The highest BCUT2D eigenvalue weighted by atomic mass is 16.1. The molecular formula is C19H30N4O. The summed E-state index contributed by atoms with van der Waals surface area (Å²) in [6.07, 6.45) is 1.24. The van der Waals surface area contributed by atoms with Crippen LogP contribution in [0.25, 0.3) is 0 Å². The Kier molecular flexibility index (Phi) is 5.86. The second kappa shape index (κ2) is 7.69. The fourth-order valence-corrected chi connectivity index (χ4v) is 2.98. The van der Waals surface area contributed by atoms with E-state index in [2.05, 4.69) is 59.5 Å². The van der Waals surface area contributed by atoms with Crippen LogP contribution < -0.4 is 5.32 Å². The molecule has 2 aromatic rings. The maximum absolute atomic E-state index is 12.2. The van der Waals surface area contributed by atoms with Gasteiger partial charge in [-0.3, -0.25) is 9.48 Å². The molecule has 0 aliphatic heterocycles. The third-order valence-electron chi connectivity index (χ3n) is 4.61. The van der Waals surface area contributed by atoms with Gasteiger partial charge in [-0.15, -0.1) is 0 Å². The molecule has 2 aromatic heterocycles. The number of amides is 1. The number of carbonyl (C=O) groups excluding carboxylic acids is 1. The quantitative estimate of drug-likeness (QED) is 0.848. The van der Waals surface area contributed by atoms with Crippen LogP contribution in [-0.4, -0.2) is 20.3 Å². The molecule has 5 heteroatoms. The first-order valence-electron chi connectivity index (χ1n) is 8.70. The van der Waals surface area contributed by atoms with Gasteiger partial charge >= 0.3 is 0 Å². The van der Waals surface area contributed by atoms with Gasteiger partial charge in [-0.2, -0.15) is 5.10 Å². The van der Waals surface area contributed by atoms with Crippen LogP contribution in [0.2, 0.25) is 0 Å². The van der Waals surface area contributed by atoms with Crippen LogP contribution in [0.3, 0.4) is 0 Å². The summed E-state index contributed by atoms with van der Waals surface area (Å²) in [6, 6.07) is 4.12. The molecule has 0 aliphatic carbocycles. The van der Waals surface area contributed by atoms with E-state index in [-0.39, 0.29) is 5.91 Å². The van der Waals surface area contributed by atoms with E-state index in [0.717, 1.165) is 24.4 Å². The number of hydrogen-bond donors (Lipinski definition) is 1. The van der Waals surface area contributed by atoms with E-state index in [0.29, 0.717) is 18.9 Å². The van der Waals surface area contributed by atoms with Crippen LogP contribution in [0.1, 0.15) is 48.6 Å². The summed E-state index contributed by atoms with van der Waals surface area (Å²) in [5.74, 6) is 0.650. The molecular weight excluding hydrogens is 300 g/mol. The molecule has 5 nitrogen and oxygen atoms in total. The number of aryl methyl sites for hydroxylation is 2. The summed E-state index contributed by atoms with van der Waals surface area (Å²) >= 11 is 0. The predicted molar refractivity (Wildman–Crippen MR) is 96.9 cm³/mol. The van der Waals surface area contributed by atoms with Crippen molar-refractivity contribution in [1.82, 2.24) is 19.7 Å². The molecule has 0 fully saturated rings. The van der Waals surface area contributed by atoms with Gasteiger partial charge in [0.05, 0.1) is 12.2 Å². The van der Waals surface area contributed by atoms with Crippen molar-refractivity contribution in [2.75, 3.05) is 0 Å². The van der Waals surface area contributed by atoms with Crippen molar-refractivity contribution in [3.05, 3.63) is 40.5 Å². The summed E-state index contributed by atoms with van der Waals surface area (Å²) in [5, 5.41) is 7.63. The molecule has 0 bridgehead atoms. The maximum Gasteiger partial charge on any atom is 0.220 e. The lowest BCUT2D eigenvalue weighted by molar-refractivity contribution is -0.121. The molecule has 0 unspecified atom stereocenters. The molecule has 1 amide bonds. The zero-order valence-corrected chi connectivity index (χ0v) is 15.8. The molecule has 24 heavy (non-hydrogen) atoms. The van der Waals surface area contributed by atoms with Crippen molar-refractivity contribution in [2.45, 2.75) is 60.5 Å². The first-order valence-corrected chi connectivity index (χ1v) is 8.70. The van der Waals surface area contributed by atoms with Crippen molar-refractivity contribution in [1.29, 1.82) is 0 Å². The Morgan fingerprint density at radius 3 is 2.54 bits per heavy atom. The Morgan fingerprint density at radius 2 is 1.96 bits per heavy atom. The monoisotopic (exact) mass is 330 g/mol. The largest absolute Gasteiger partial charge is 0.351 e. The smallest absolute Gasteiger partial charge is 0.220 e. The highest BCUT2D eigenvalue weighted by Gasteiger charge is 2.14. The fraction of sp³-hybridized carbons (Fsp3) is 0.579. The lowest BCUT2D eigenvalue weighted by Crippen LogP contribution is -2.24. The molecule has 2 heterocycles. The average molecular weight is 330 g/mol. The second-order valence-corrected chi connectivity index (χ2v) is 7.03. The summed E-state index contributed by atoms with van der Waals surface area (Å²) < 4.78 is 4.17. The van der Waals surface area contributed by atoms with Crippen LogP contribution >= 0.6 is 0 Å². The molecule has 132 valence electrons. The lowest BCUT2D eigenvalue weighted by atomic mass is 10.1. The first kappa shape index (κ1) is 18.3. The van der Waals surface area contributed by atoms with Crippen LogP contribution in [0.15, 0.2) is 12.1 Å². The number of nitrogens with zero attached hydrogens (tertiary/aromatic N) is 3. The van der Waals surface area contributed by atoms with Gasteiger partial charge in [0.1, 0.15) is 0 Å². The van der Waals surface area contributed by atoms with Gasteiger partial charge in [-0.1, -0.05) is 13.8 Å². The van der Waals surface area contributed by atoms with Crippen molar-refractivity contribution in [3.63, 3.8) is 0 Å². The Labute approximate surface area is 145 Å². The van der Waals surface area contributed by atoms with Crippen molar-refractivity contribution in [2.24, 2.45) is 13.0 Å². The Hall–Kier alpha value is -2.04. The van der Waals surface area contributed by atoms with Gasteiger partial charge < -0.3 is 9.88 Å². The van der Waals surface area contributed by atoms with E-state index in [1.807, 2.05) is 14.0 Å². The Bertz CT molecular complexity index is 709. The van der Waals surface area contributed by atoms with Crippen molar-refractivity contribution >= 4 is 5.91 Å². The Morgan fingerprint density at radius 1 is 1.25 bits per heavy atom. The molecule has 0 aliphatic rings. The van der Waals surface area contributed by atoms with Crippen LogP contribution in [0.5, 0.6) is 0 Å². The van der Waals surface area contributed by atoms with E-state index < -0.39 is 0 Å². The molecule has 0 saturated heterocycles. The molecule has 1 N–H and O–H groups in total. The van der Waals surface area contributed by atoms with Crippen molar-refractivity contribution in [3.8, 4) is 0 Å². The predicted octanol–water partition coefficient (Wildman–Crippen LogP) is 3.05. The van der Waals surface area contributed by atoms with Crippen LogP contribution in [-0.2, 0) is 31.4 Å². The number of aromatic nitrogens is 3. The molecule has 2 rings (SSSR count). The third kappa shape index (κ3) is 4.28. The van der Waals surface area contributed by atoms with E-state index in [1.165, 1.54) is 17.0 Å². The van der Waals surface area contributed by atoms with Crippen molar-refractivity contribution < 1.29 is 4.79 Å². The zero-order chi connectivity index (χ0) is 17.9.